The summed E-state index contributed by atoms with van der Waals surface area (Å²) < 4.78 is 0.829. The van der Waals surface area contributed by atoms with E-state index in [-0.39, 0.29) is 6.04 Å². The number of Topliss-reactive ketones (excluding diaryl/α,β-unsaturated/α-hetero) is 1. The van der Waals surface area contributed by atoms with Gasteiger partial charge in [-0.1, -0.05) is 15.9 Å². The van der Waals surface area contributed by atoms with Crippen LogP contribution in [0.4, 0.5) is 5.69 Å². The predicted octanol–water partition coefficient (Wildman–Crippen LogP) is 2.70. The van der Waals surface area contributed by atoms with Crippen LogP contribution in [0.25, 0.3) is 0 Å². The molecule has 0 aliphatic carbocycles. The largest absolute Gasteiger partial charge is 0.302 e. The molecule has 1 aliphatic rings. The van der Waals surface area contributed by atoms with Crippen molar-refractivity contribution in [3.8, 4) is 0 Å². The van der Waals surface area contributed by atoms with Crippen molar-refractivity contribution in [3.63, 3.8) is 0 Å². The van der Waals surface area contributed by atoms with Crippen LogP contribution < -0.4 is 4.90 Å². The molecule has 84 valence electrons. The van der Waals surface area contributed by atoms with Crippen molar-refractivity contribution in [1.29, 1.82) is 0 Å². The average molecular weight is 282 g/mol. The first-order valence-corrected chi connectivity index (χ1v) is 5.91. The van der Waals surface area contributed by atoms with Gasteiger partial charge in [-0.25, -0.2) is 0 Å². The third kappa shape index (κ3) is 1.48. The standard InChI is InChI=1S/C12H12BrNO2/c1-6(2)14-10-7(3)4-8(13)5-9(10)11(15)12(14)16/h4-6H,1-3H3. The summed E-state index contributed by atoms with van der Waals surface area (Å²) in [6.45, 7) is 5.72. The molecule has 0 unspecified atom stereocenters. The van der Waals surface area contributed by atoms with Crippen LogP contribution in [0.2, 0.25) is 0 Å². The number of nitrogens with zero attached hydrogens (tertiary/aromatic N) is 1. The number of aryl methyl sites for hydroxylation is 1. The lowest BCUT2D eigenvalue weighted by atomic mass is 10.1. The van der Waals surface area contributed by atoms with Gasteiger partial charge in [0.1, 0.15) is 0 Å². The third-order valence-electron chi connectivity index (χ3n) is 2.68. The number of ketones is 1. The van der Waals surface area contributed by atoms with Gasteiger partial charge >= 0.3 is 0 Å². The number of anilines is 1. The zero-order valence-corrected chi connectivity index (χ0v) is 11.0. The highest BCUT2D eigenvalue weighted by atomic mass is 79.9. The molecule has 1 aromatic carbocycles. The number of amides is 1. The molecule has 16 heavy (non-hydrogen) atoms. The second-order valence-electron chi connectivity index (χ2n) is 4.22. The summed E-state index contributed by atoms with van der Waals surface area (Å²) >= 11 is 3.34. The fourth-order valence-electron chi connectivity index (χ4n) is 2.05. The Morgan fingerprint density at radius 2 is 1.88 bits per heavy atom. The van der Waals surface area contributed by atoms with Crippen LogP contribution in [0.5, 0.6) is 0 Å². The minimum atomic E-state index is -0.425. The van der Waals surface area contributed by atoms with Crippen LogP contribution in [0.1, 0.15) is 29.8 Å². The Kier molecular flexibility index (Phi) is 2.62. The van der Waals surface area contributed by atoms with E-state index >= 15 is 0 Å². The Morgan fingerprint density at radius 3 is 2.44 bits per heavy atom. The number of carbonyl (C=O) groups excluding carboxylic acids is 2. The Hall–Kier alpha value is -1.16. The first-order valence-electron chi connectivity index (χ1n) is 5.11. The van der Waals surface area contributed by atoms with E-state index in [9.17, 15) is 9.59 Å². The van der Waals surface area contributed by atoms with Gasteiger partial charge in [0.05, 0.1) is 11.3 Å². The molecule has 0 N–H and O–H groups in total. The number of benzene rings is 1. The maximum Gasteiger partial charge on any atom is 0.299 e. The maximum absolute atomic E-state index is 11.8. The molecule has 1 heterocycles. The summed E-state index contributed by atoms with van der Waals surface area (Å²) in [6, 6.07) is 3.63. The molecule has 1 aromatic rings. The molecule has 2 rings (SSSR count). The molecule has 0 saturated heterocycles. The Morgan fingerprint density at radius 1 is 1.25 bits per heavy atom. The Labute approximate surface area is 103 Å². The second kappa shape index (κ2) is 3.70. The Bertz CT molecular complexity index is 494. The third-order valence-corrected chi connectivity index (χ3v) is 3.14. The van der Waals surface area contributed by atoms with Gasteiger partial charge in [0.2, 0.25) is 0 Å². The molecular weight excluding hydrogens is 270 g/mol. The normalized spacial score (nSPS) is 14.9. The highest BCUT2D eigenvalue weighted by molar-refractivity contribution is 9.10. The molecule has 4 heteroatoms. The van der Waals surface area contributed by atoms with Crippen LogP contribution in [0.3, 0.4) is 0 Å². The van der Waals surface area contributed by atoms with Crippen molar-refractivity contribution in [2.75, 3.05) is 4.90 Å². The molecule has 0 bridgehead atoms. The molecule has 3 nitrogen and oxygen atoms in total. The van der Waals surface area contributed by atoms with E-state index in [0.717, 1.165) is 15.7 Å². The van der Waals surface area contributed by atoms with E-state index in [2.05, 4.69) is 15.9 Å². The van der Waals surface area contributed by atoms with E-state index in [1.165, 1.54) is 0 Å². The van der Waals surface area contributed by atoms with Crippen molar-refractivity contribution in [2.45, 2.75) is 26.8 Å². The lowest BCUT2D eigenvalue weighted by Crippen LogP contribution is -2.36. The van der Waals surface area contributed by atoms with E-state index in [4.69, 9.17) is 0 Å². The van der Waals surface area contributed by atoms with Crippen molar-refractivity contribution in [1.82, 2.24) is 0 Å². The highest BCUT2D eigenvalue weighted by Crippen LogP contribution is 2.36. The van der Waals surface area contributed by atoms with Crippen LogP contribution in [-0.2, 0) is 4.79 Å². The molecular formula is C12H12BrNO2. The smallest absolute Gasteiger partial charge is 0.299 e. The van der Waals surface area contributed by atoms with Gasteiger partial charge in [-0.3, -0.25) is 9.59 Å². The lowest BCUT2D eigenvalue weighted by Gasteiger charge is -2.22. The molecule has 0 radical (unpaired) electrons. The zero-order valence-electron chi connectivity index (χ0n) is 9.37. The summed E-state index contributed by atoms with van der Waals surface area (Å²) in [5, 5.41) is 0. The van der Waals surface area contributed by atoms with Crippen LogP contribution in [-0.4, -0.2) is 17.7 Å². The summed E-state index contributed by atoms with van der Waals surface area (Å²) in [7, 11) is 0. The van der Waals surface area contributed by atoms with Gasteiger partial charge in [-0.2, -0.15) is 0 Å². The van der Waals surface area contributed by atoms with Crippen molar-refractivity contribution < 1.29 is 9.59 Å². The molecule has 0 spiro atoms. The molecule has 0 saturated carbocycles. The number of carbonyl (C=O) groups is 2. The van der Waals surface area contributed by atoms with Crippen molar-refractivity contribution in [3.05, 3.63) is 27.7 Å². The van der Waals surface area contributed by atoms with Crippen molar-refractivity contribution >= 4 is 33.3 Å². The number of fused-ring (bicyclic) bond motifs is 1. The van der Waals surface area contributed by atoms with E-state index < -0.39 is 11.7 Å². The summed E-state index contributed by atoms with van der Waals surface area (Å²) in [6.07, 6.45) is 0. The highest BCUT2D eigenvalue weighted by Gasteiger charge is 2.38. The fraction of sp³-hybridized carbons (Fsp3) is 0.333. The number of hydrogen-bond acceptors (Lipinski definition) is 2. The molecule has 0 aromatic heterocycles. The van der Waals surface area contributed by atoms with Gasteiger partial charge in [0.25, 0.3) is 11.7 Å². The number of halogens is 1. The first-order chi connectivity index (χ1) is 7.43. The molecule has 0 fully saturated rings. The predicted molar refractivity (Wildman–Crippen MR) is 65.8 cm³/mol. The maximum atomic E-state index is 11.8. The first kappa shape index (κ1) is 11.3. The second-order valence-corrected chi connectivity index (χ2v) is 5.13. The summed E-state index contributed by atoms with van der Waals surface area (Å²) in [5.41, 5.74) is 2.20. The molecule has 1 amide bonds. The minimum Gasteiger partial charge on any atom is -0.302 e. The van der Waals surface area contributed by atoms with E-state index in [1.54, 1.807) is 11.0 Å². The summed E-state index contributed by atoms with van der Waals surface area (Å²) in [5.74, 6) is -0.834. The molecule has 0 atom stereocenters. The fourth-order valence-corrected chi connectivity index (χ4v) is 2.62. The minimum absolute atomic E-state index is 0.00224. The van der Waals surface area contributed by atoms with Crippen molar-refractivity contribution in [2.24, 2.45) is 0 Å². The summed E-state index contributed by atoms with van der Waals surface area (Å²) in [4.78, 5) is 25.2. The SMILES string of the molecule is Cc1cc(Br)cc2c1N(C(C)C)C(=O)C2=O. The lowest BCUT2D eigenvalue weighted by molar-refractivity contribution is -0.114. The van der Waals surface area contributed by atoms with Crippen LogP contribution in [0, 0.1) is 6.92 Å². The van der Waals surface area contributed by atoms with Gasteiger partial charge in [0.15, 0.2) is 0 Å². The quantitative estimate of drug-likeness (QED) is 0.743. The van der Waals surface area contributed by atoms with Gasteiger partial charge in [-0.15, -0.1) is 0 Å². The van der Waals surface area contributed by atoms with Gasteiger partial charge in [-0.05, 0) is 38.5 Å². The van der Waals surface area contributed by atoms with Gasteiger partial charge < -0.3 is 4.90 Å². The number of hydrogen-bond donors (Lipinski definition) is 0. The average Bonchev–Trinajstić information content (AvgIpc) is 2.42. The van der Waals surface area contributed by atoms with E-state index in [1.807, 2.05) is 26.8 Å². The monoisotopic (exact) mass is 281 g/mol. The topological polar surface area (TPSA) is 37.4 Å². The van der Waals surface area contributed by atoms with Crippen LogP contribution in [0.15, 0.2) is 16.6 Å². The van der Waals surface area contributed by atoms with Gasteiger partial charge in [0, 0.05) is 10.5 Å². The molecule has 1 aliphatic heterocycles. The number of rotatable bonds is 1. The Balaban J connectivity index is 2.70. The zero-order chi connectivity index (χ0) is 12.0. The van der Waals surface area contributed by atoms with Crippen LogP contribution >= 0.6 is 15.9 Å². The van der Waals surface area contributed by atoms with E-state index in [0.29, 0.717) is 5.56 Å².